The summed E-state index contributed by atoms with van der Waals surface area (Å²) in [6.45, 7) is 15.9. The number of thiocarbonyl (C=S) groups is 1. The Bertz CT molecular complexity index is 907. The van der Waals surface area contributed by atoms with Crippen LogP contribution in [0.2, 0.25) is 0 Å². The van der Waals surface area contributed by atoms with Crippen molar-refractivity contribution in [1.29, 1.82) is 0 Å². The fraction of sp³-hybridized carbons (Fsp3) is 0.600. The second-order valence-corrected chi connectivity index (χ2v) is 9.85. The summed E-state index contributed by atoms with van der Waals surface area (Å²) >= 11 is 5.80. The fourth-order valence-electron chi connectivity index (χ4n) is 5.08. The van der Waals surface area contributed by atoms with Crippen molar-refractivity contribution in [3.8, 4) is 0 Å². The highest BCUT2D eigenvalue weighted by Gasteiger charge is 2.41. The SMILES string of the molecule is Cc1cc([C@@H]2[C@H](c3ccccn3)NC(=S)N2CC(C)C)c(C)n1CCCN1CCOCC1. The first-order chi connectivity index (χ1) is 15.5. The van der Waals surface area contributed by atoms with Gasteiger partial charge in [0.25, 0.3) is 0 Å². The molecule has 0 unspecified atom stereocenters. The highest BCUT2D eigenvalue weighted by Crippen LogP contribution is 2.41. The molecule has 174 valence electrons. The molecule has 1 N–H and O–H groups in total. The van der Waals surface area contributed by atoms with Crippen LogP contribution in [0.3, 0.4) is 0 Å². The molecule has 0 radical (unpaired) electrons. The van der Waals surface area contributed by atoms with Crippen LogP contribution >= 0.6 is 12.2 Å². The number of morpholine rings is 1. The van der Waals surface area contributed by atoms with E-state index in [-0.39, 0.29) is 12.1 Å². The van der Waals surface area contributed by atoms with E-state index in [1.807, 2.05) is 12.3 Å². The molecule has 0 spiro atoms. The average Bonchev–Trinajstić information content (AvgIpc) is 3.25. The molecule has 2 aliphatic heterocycles. The number of nitrogens with one attached hydrogen (secondary N) is 1. The molecule has 32 heavy (non-hydrogen) atoms. The molecule has 2 saturated heterocycles. The normalized spacial score (nSPS) is 22.0. The van der Waals surface area contributed by atoms with Crippen LogP contribution in [0.15, 0.2) is 30.5 Å². The summed E-state index contributed by atoms with van der Waals surface area (Å²) in [4.78, 5) is 9.56. The number of aryl methyl sites for hydroxylation is 1. The summed E-state index contributed by atoms with van der Waals surface area (Å²) in [5.74, 6) is 0.525. The summed E-state index contributed by atoms with van der Waals surface area (Å²) in [5.41, 5.74) is 5.07. The number of hydrogen-bond acceptors (Lipinski definition) is 4. The van der Waals surface area contributed by atoms with E-state index >= 15 is 0 Å². The van der Waals surface area contributed by atoms with Crippen molar-refractivity contribution >= 4 is 17.3 Å². The Kier molecular flexibility index (Phi) is 7.48. The molecule has 2 fully saturated rings. The maximum atomic E-state index is 5.80. The van der Waals surface area contributed by atoms with Gasteiger partial charge in [-0.3, -0.25) is 9.88 Å². The molecule has 7 heteroatoms. The van der Waals surface area contributed by atoms with E-state index < -0.39 is 0 Å². The van der Waals surface area contributed by atoms with Crippen molar-refractivity contribution in [3.05, 3.63) is 53.1 Å². The standard InChI is InChI=1S/C25H37N5OS/c1-18(2)17-30-24(23(27-25(30)32)22-8-5-6-9-26-22)21-16-19(3)29(20(21)4)11-7-10-28-12-14-31-15-13-28/h5-6,8-9,16,18,23-24H,7,10-15,17H2,1-4H3,(H,27,32)/t23-,24+/m0/s1. The highest BCUT2D eigenvalue weighted by atomic mass is 32.1. The largest absolute Gasteiger partial charge is 0.379 e. The smallest absolute Gasteiger partial charge is 0.170 e. The summed E-state index contributed by atoms with van der Waals surface area (Å²) in [6, 6.07) is 8.72. The van der Waals surface area contributed by atoms with Crippen LogP contribution in [0, 0.1) is 19.8 Å². The van der Waals surface area contributed by atoms with E-state index in [4.69, 9.17) is 17.0 Å². The lowest BCUT2D eigenvalue weighted by molar-refractivity contribution is 0.0369. The van der Waals surface area contributed by atoms with Crippen LogP contribution in [0.1, 0.15) is 55.0 Å². The molecule has 0 amide bonds. The number of rotatable bonds is 8. The lowest BCUT2D eigenvalue weighted by Gasteiger charge is -2.29. The summed E-state index contributed by atoms with van der Waals surface area (Å²) in [7, 11) is 0. The molecule has 0 aromatic carbocycles. The van der Waals surface area contributed by atoms with E-state index in [1.54, 1.807) is 0 Å². The molecule has 2 atom stereocenters. The van der Waals surface area contributed by atoms with Crippen molar-refractivity contribution in [1.82, 2.24) is 24.7 Å². The number of hydrogen-bond donors (Lipinski definition) is 1. The molecule has 0 aliphatic carbocycles. The monoisotopic (exact) mass is 455 g/mol. The first-order valence-electron chi connectivity index (χ1n) is 11.9. The molecule has 4 heterocycles. The minimum absolute atomic E-state index is 0.0600. The van der Waals surface area contributed by atoms with Gasteiger partial charge in [-0.1, -0.05) is 19.9 Å². The predicted octanol–water partition coefficient (Wildman–Crippen LogP) is 3.85. The minimum atomic E-state index is 0.0600. The van der Waals surface area contributed by atoms with Gasteiger partial charge in [-0.05, 0) is 62.2 Å². The van der Waals surface area contributed by atoms with Gasteiger partial charge in [-0.15, -0.1) is 0 Å². The topological polar surface area (TPSA) is 45.6 Å². The molecule has 2 aromatic rings. The lowest BCUT2D eigenvalue weighted by Crippen LogP contribution is -2.37. The third-order valence-corrected chi connectivity index (χ3v) is 7.00. The van der Waals surface area contributed by atoms with E-state index in [9.17, 15) is 0 Å². The van der Waals surface area contributed by atoms with Gasteiger partial charge in [0.05, 0.1) is 31.0 Å². The second kappa shape index (κ2) is 10.3. The Morgan fingerprint density at radius 2 is 1.97 bits per heavy atom. The highest BCUT2D eigenvalue weighted by molar-refractivity contribution is 7.80. The summed E-state index contributed by atoms with van der Waals surface area (Å²) in [6.07, 6.45) is 3.02. The van der Waals surface area contributed by atoms with Crippen LogP contribution in [0.4, 0.5) is 0 Å². The maximum absolute atomic E-state index is 5.80. The second-order valence-electron chi connectivity index (χ2n) is 9.46. The zero-order valence-electron chi connectivity index (χ0n) is 19.9. The Morgan fingerprint density at radius 1 is 1.19 bits per heavy atom. The Balaban J connectivity index is 1.58. The van der Waals surface area contributed by atoms with Crippen LogP contribution in [-0.4, -0.2) is 63.9 Å². The lowest BCUT2D eigenvalue weighted by atomic mass is 9.96. The number of ether oxygens (including phenoxy) is 1. The maximum Gasteiger partial charge on any atom is 0.170 e. The molecule has 6 nitrogen and oxygen atoms in total. The van der Waals surface area contributed by atoms with Crippen LogP contribution in [0.5, 0.6) is 0 Å². The van der Waals surface area contributed by atoms with Gasteiger partial charge in [0.2, 0.25) is 0 Å². The van der Waals surface area contributed by atoms with E-state index in [1.165, 1.54) is 17.0 Å². The molecular weight excluding hydrogens is 418 g/mol. The molecule has 4 rings (SSSR count). The minimum Gasteiger partial charge on any atom is -0.379 e. The van der Waals surface area contributed by atoms with Gasteiger partial charge in [0.1, 0.15) is 0 Å². The van der Waals surface area contributed by atoms with Crippen molar-refractivity contribution < 1.29 is 4.74 Å². The Morgan fingerprint density at radius 3 is 2.66 bits per heavy atom. The van der Waals surface area contributed by atoms with Crippen LogP contribution in [0.25, 0.3) is 0 Å². The van der Waals surface area contributed by atoms with Gasteiger partial charge < -0.3 is 19.5 Å². The fourth-order valence-corrected chi connectivity index (χ4v) is 5.40. The first kappa shape index (κ1) is 23.2. The Hall–Kier alpha value is -1.96. The molecule has 0 bridgehead atoms. The zero-order chi connectivity index (χ0) is 22.7. The molecule has 2 aliphatic rings. The third kappa shape index (κ3) is 5.00. The van der Waals surface area contributed by atoms with Crippen molar-refractivity contribution in [3.63, 3.8) is 0 Å². The number of aromatic nitrogens is 2. The van der Waals surface area contributed by atoms with Gasteiger partial charge in [-0.2, -0.15) is 0 Å². The first-order valence-corrected chi connectivity index (χ1v) is 12.3. The quantitative estimate of drug-likeness (QED) is 0.610. The van der Waals surface area contributed by atoms with Gasteiger partial charge in [0, 0.05) is 50.3 Å². The van der Waals surface area contributed by atoms with E-state index in [0.717, 1.165) is 63.2 Å². The third-order valence-electron chi connectivity index (χ3n) is 6.65. The van der Waals surface area contributed by atoms with E-state index in [2.05, 4.69) is 70.6 Å². The number of pyridine rings is 1. The van der Waals surface area contributed by atoms with Crippen LogP contribution in [-0.2, 0) is 11.3 Å². The van der Waals surface area contributed by atoms with Crippen molar-refractivity contribution in [2.45, 2.75) is 52.7 Å². The predicted molar refractivity (Wildman–Crippen MR) is 133 cm³/mol. The van der Waals surface area contributed by atoms with Gasteiger partial charge >= 0.3 is 0 Å². The molecular formula is C25H37N5OS. The zero-order valence-corrected chi connectivity index (χ0v) is 20.7. The summed E-state index contributed by atoms with van der Waals surface area (Å²) in [5, 5.41) is 4.41. The molecule has 2 aromatic heterocycles. The molecule has 0 saturated carbocycles. The van der Waals surface area contributed by atoms with Crippen molar-refractivity contribution in [2.24, 2.45) is 5.92 Å². The number of nitrogens with zero attached hydrogens (tertiary/aromatic N) is 4. The van der Waals surface area contributed by atoms with Crippen LogP contribution < -0.4 is 5.32 Å². The van der Waals surface area contributed by atoms with Gasteiger partial charge in [-0.25, -0.2) is 0 Å². The summed E-state index contributed by atoms with van der Waals surface area (Å²) < 4.78 is 7.97. The Labute approximate surface area is 197 Å². The average molecular weight is 456 g/mol. The van der Waals surface area contributed by atoms with Gasteiger partial charge in [0.15, 0.2) is 5.11 Å². The van der Waals surface area contributed by atoms with Crippen molar-refractivity contribution in [2.75, 3.05) is 39.4 Å². The van der Waals surface area contributed by atoms with E-state index in [0.29, 0.717) is 5.92 Å².